The second-order valence-electron chi connectivity index (χ2n) is 4.08. The third-order valence-electron chi connectivity index (χ3n) is 2.59. The van der Waals surface area contributed by atoms with E-state index in [1.165, 1.54) is 16.4 Å². The van der Waals surface area contributed by atoms with E-state index in [9.17, 15) is 13.5 Å². The van der Waals surface area contributed by atoms with Gasteiger partial charge in [0.05, 0.1) is 5.69 Å². The summed E-state index contributed by atoms with van der Waals surface area (Å²) in [5.74, 6) is 0.0579. The first-order chi connectivity index (χ1) is 8.03. The summed E-state index contributed by atoms with van der Waals surface area (Å²) in [4.78, 5) is 0. The quantitative estimate of drug-likeness (QED) is 0.832. The van der Waals surface area contributed by atoms with E-state index in [4.69, 9.17) is 0 Å². The highest BCUT2D eigenvalue weighted by atomic mass is 32.2. The number of rotatable bonds is 5. The average molecular weight is 256 g/mol. The molecule has 0 spiro atoms. The van der Waals surface area contributed by atoms with Gasteiger partial charge in [0.15, 0.2) is 0 Å². The molecule has 1 fully saturated rings. The Kier molecular flexibility index (Phi) is 3.26. The molecule has 0 aromatic heterocycles. The van der Waals surface area contributed by atoms with Crippen LogP contribution in [0.3, 0.4) is 0 Å². The molecule has 6 heteroatoms. The van der Waals surface area contributed by atoms with E-state index in [0.29, 0.717) is 12.2 Å². The molecule has 0 saturated heterocycles. The molecule has 1 saturated carbocycles. The zero-order valence-electron chi connectivity index (χ0n) is 9.63. The van der Waals surface area contributed by atoms with E-state index in [-0.39, 0.29) is 11.8 Å². The second kappa shape index (κ2) is 4.54. The highest BCUT2D eigenvalue weighted by Crippen LogP contribution is 2.25. The molecule has 1 aliphatic carbocycles. The Balaban J connectivity index is 2.25. The molecule has 1 aromatic rings. The van der Waals surface area contributed by atoms with Gasteiger partial charge >= 0.3 is 10.2 Å². The average Bonchev–Trinajstić information content (AvgIpc) is 3.01. The Labute approximate surface area is 101 Å². The molecule has 0 aliphatic heterocycles. The summed E-state index contributed by atoms with van der Waals surface area (Å²) >= 11 is 0. The van der Waals surface area contributed by atoms with Crippen LogP contribution < -0.4 is 9.03 Å². The Hall–Kier alpha value is -1.27. The van der Waals surface area contributed by atoms with E-state index in [1.54, 1.807) is 19.1 Å². The molecule has 1 aliphatic rings. The largest absolute Gasteiger partial charge is 0.508 e. The van der Waals surface area contributed by atoms with Crippen molar-refractivity contribution in [2.45, 2.75) is 25.8 Å². The van der Waals surface area contributed by atoms with E-state index in [0.717, 1.165) is 12.8 Å². The van der Waals surface area contributed by atoms with Crippen LogP contribution in [-0.2, 0) is 10.2 Å². The molecule has 94 valence electrons. The molecule has 2 rings (SSSR count). The molecule has 0 bridgehead atoms. The normalized spacial score (nSPS) is 15.8. The lowest BCUT2D eigenvalue weighted by atomic mass is 10.3. The van der Waals surface area contributed by atoms with Crippen LogP contribution in [0, 0.1) is 0 Å². The van der Waals surface area contributed by atoms with Gasteiger partial charge in [-0.25, -0.2) is 0 Å². The van der Waals surface area contributed by atoms with Gasteiger partial charge in [-0.1, -0.05) is 6.07 Å². The number of hydrogen-bond donors (Lipinski definition) is 2. The predicted octanol–water partition coefficient (Wildman–Crippen LogP) is 1.22. The lowest BCUT2D eigenvalue weighted by molar-refractivity contribution is 0.475. The van der Waals surface area contributed by atoms with Gasteiger partial charge in [-0.05, 0) is 31.9 Å². The van der Waals surface area contributed by atoms with Crippen molar-refractivity contribution in [2.75, 3.05) is 10.8 Å². The van der Waals surface area contributed by atoms with Gasteiger partial charge in [-0.2, -0.15) is 13.1 Å². The lowest BCUT2D eigenvalue weighted by Crippen LogP contribution is -2.41. The molecule has 0 heterocycles. The minimum atomic E-state index is -3.51. The van der Waals surface area contributed by atoms with Crippen LogP contribution in [0.4, 0.5) is 5.69 Å². The molecule has 17 heavy (non-hydrogen) atoms. The fourth-order valence-corrected chi connectivity index (χ4v) is 3.13. The summed E-state index contributed by atoms with van der Waals surface area (Å²) in [6.45, 7) is 2.09. The lowest BCUT2D eigenvalue weighted by Gasteiger charge is -2.23. The van der Waals surface area contributed by atoms with Gasteiger partial charge in [0.25, 0.3) is 0 Å². The molecule has 5 nitrogen and oxygen atoms in total. The van der Waals surface area contributed by atoms with E-state index in [1.807, 2.05) is 0 Å². The predicted molar refractivity (Wildman–Crippen MR) is 66.2 cm³/mol. The molecule has 0 unspecified atom stereocenters. The third kappa shape index (κ3) is 2.89. The number of benzene rings is 1. The number of hydrogen-bond acceptors (Lipinski definition) is 3. The van der Waals surface area contributed by atoms with E-state index >= 15 is 0 Å². The van der Waals surface area contributed by atoms with Crippen LogP contribution in [-0.4, -0.2) is 26.1 Å². The zero-order valence-corrected chi connectivity index (χ0v) is 10.4. The van der Waals surface area contributed by atoms with Crippen molar-refractivity contribution in [2.24, 2.45) is 0 Å². The van der Waals surface area contributed by atoms with Crippen LogP contribution in [0.5, 0.6) is 5.75 Å². The van der Waals surface area contributed by atoms with Gasteiger partial charge in [0.1, 0.15) is 5.75 Å². The third-order valence-corrected chi connectivity index (χ3v) is 4.27. The highest BCUT2D eigenvalue weighted by Gasteiger charge is 2.30. The van der Waals surface area contributed by atoms with E-state index < -0.39 is 10.2 Å². The van der Waals surface area contributed by atoms with Crippen LogP contribution in [0.2, 0.25) is 0 Å². The SMILES string of the molecule is CCN(c1cccc(O)c1)S(=O)(=O)NC1CC1. The fraction of sp³-hybridized carbons (Fsp3) is 0.455. The summed E-state index contributed by atoms with van der Waals surface area (Å²) in [7, 11) is -3.51. The van der Waals surface area contributed by atoms with E-state index in [2.05, 4.69) is 4.72 Å². The van der Waals surface area contributed by atoms with Crippen molar-refractivity contribution in [3.05, 3.63) is 24.3 Å². The number of phenolic OH excluding ortho intramolecular Hbond substituents is 1. The van der Waals surface area contributed by atoms with Crippen molar-refractivity contribution < 1.29 is 13.5 Å². The minimum absolute atomic E-state index is 0.0579. The molecular formula is C11H16N2O3S. The summed E-state index contributed by atoms with van der Waals surface area (Å²) in [5.41, 5.74) is 0.473. The summed E-state index contributed by atoms with van der Waals surface area (Å²) in [5, 5.41) is 9.38. The second-order valence-corrected chi connectivity index (χ2v) is 5.71. The first-order valence-corrected chi connectivity index (χ1v) is 7.06. The van der Waals surface area contributed by atoms with Crippen molar-refractivity contribution in [3.8, 4) is 5.75 Å². The topological polar surface area (TPSA) is 69.6 Å². The summed E-state index contributed by atoms with van der Waals surface area (Å²) in [6, 6.07) is 6.31. The van der Waals surface area contributed by atoms with Crippen LogP contribution in [0.25, 0.3) is 0 Å². The summed E-state index contributed by atoms with van der Waals surface area (Å²) < 4.78 is 28.0. The smallest absolute Gasteiger partial charge is 0.301 e. The number of aromatic hydroxyl groups is 1. The minimum Gasteiger partial charge on any atom is -0.508 e. The van der Waals surface area contributed by atoms with Gasteiger partial charge in [0.2, 0.25) is 0 Å². The fourth-order valence-electron chi connectivity index (χ4n) is 1.61. The van der Waals surface area contributed by atoms with Crippen LogP contribution in [0.15, 0.2) is 24.3 Å². The Morgan fingerprint density at radius 1 is 1.47 bits per heavy atom. The van der Waals surface area contributed by atoms with Crippen molar-refractivity contribution in [1.29, 1.82) is 0 Å². The van der Waals surface area contributed by atoms with Crippen molar-refractivity contribution in [3.63, 3.8) is 0 Å². The monoisotopic (exact) mass is 256 g/mol. The molecular weight excluding hydrogens is 240 g/mol. The summed E-state index contributed by atoms with van der Waals surface area (Å²) in [6.07, 6.45) is 1.80. The Morgan fingerprint density at radius 3 is 2.71 bits per heavy atom. The maximum absolute atomic E-state index is 12.1. The standard InChI is InChI=1S/C11H16N2O3S/c1-2-13(10-4-3-5-11(14)8-10)17(15,16)12-9-6-7-9/h3-5,8-9,12,14H,2,6-7H2,1H3. The van der Waals surface area contributed by atoms with Crippen molar-refractivity contribution >= 4 is 15.9 Å². The van der Waals surface area contributed by atoms with Gasteiger partial charge in [-0.15, -0.1) is 0 Å². The molecule has 2 N–H and O–H groups in total. The zero-order chi connectivity index (χ0) is 12.5. The number of phenols is 1. The number of anilines is 1. The maximum Gasteiger partial charge on any atom is 0.301 e. The van der Waals surface area contributed by atoms with Crippen molar-refractivity contribution in [1.82, 2.24) is 4.72 Å². The number of nitrogens with one attached hydrogen (secondary N) is 1. The Bertz CT molecular complexity index is 497. The number of nitrogens with zero attached hydrogens (tertiary/aromatic N) is 1. The maximum atomic E-state index is 12.1. The van der Waals surface area contributed by atoms with Gasteiger partial charge in [0, 0.05) is 18.7 Å². The highest BCUT2D eigenvalue weighted by molar-refractivity contribution is 7.90. The molecule has 1 aromatic carbocycles. The first-order valence-electron chi connectivity index (χ1n) is 5.62. The van der Waals surface area contributed by atoms with Crippen LogP contribution in [0.1, 0.15) is 19.8 Å². The van der Waals surface area contributed by atoms with Gasteiger partial charge < -0.3 is 5.11 Å². The molecule has 0 atom stereocenters. The first kappa shape index (κ1) is 12.2. The Morgan fingerprint density at radius 2 is 2.18 bits per heavy atom. The molecule has 0 radical (unpaired) electrons. The van der Waals surface area contributed by atoms with Gasteiger partial charge in [-0.3, -0.25) is 4.31 Å². The molecule has 0 amide bonds. The van der Waals surface area contributed by atoms with Crippen LogP contribution >= 0.6 is 0 Å².